The summed E-state index contributed by atoms with van der Waals surface area (Å²) >= 11 is 6.21. The minimum atomic E-state index is 0. The lowest BCUT2D eigenvalue weighted by Crippen LogP contribution is -2.39. The van der Waals surface area contributed by atoms with Gasteiger partial charge in [0.05, 0.1) is 6.26 Å². The second-order valence-electron chi connectivity index (χ2n) is 5.41. The first-order valence-electron chi connectivity index (χ1n) is 7.96. The third-order valence-corrected chi connectivity index (χ3v) is 3.88. The van der Waals surface area contributed by atoms with Crippen LogP contribution in [0.15, 0.2) is 52.1 Å². The van der Waals surface area contributed by atoms with Crippen LogP contribution in [0.2, 0.25) is 5.02 Å². The van der Waals surface area contributed by atoms with Crippen molar-refractivity contribution < 1.29 is 9.15 Å². The quantitative estimate of drug-likeness (QED) is 0.268. The van der Waals surface area contributed by atoms with Gasteiger partial charge in [-0.2, -0.15) is 0 Å². The van der Waals surface area contributed by atoms with Crippen molar-refractivity contribution in [2.75, 3.05) is 27.2 Å². The number of rotatable bonds is 8. The number of nitrogens with zero attached hydrogens (tertiary/aromatic N) is 2. The molecule has 1 aromatic heterocycles. The molecule has 2 rings (SSSR count). The fourth-order valence-corrected chi connectivity index (χ4v) is 2.48. The van der Waals surface area contributed by atoms with E-state index < -0.39 is 0 Å². The van der Waals surface area contributed by atoms with Crippen molar-refractivity contribution in [3.8, 4) is 0 Å². The maximum absolute atomic E-state index is 6.21. The van der Waals surface area contributed by atoms with Crippen LogP contribution in [0, 0.1) is 0 Å². The topological polar surface area (TPSA) is 50.0 Å². The number of benzene rings is 1. The van der Waals surface area contributed by atoms with E-state index in [0.29, 0.717) is 19.8 Å². The van der Waals surface area contributed by atoms with Gasteiger partial charge in [-0.05, 0) is 30.2 Å². The zero-order valence-electron chi connectivity index (χ0n) is 14.6. The van der Waals surface area contributed by atoms with E-state index in [1.54, 1.807) is 13.3 Å². The standard InChI is InChI=1S/C18H24ClN3O2.HI/c1-20-18(22(2)13-15-7-3-4-9-17(15)19)21-10-6-11-23-14-16-8-5-12-24-16;/h3-5,7-9,12H,6,10-11,13-14H2,1-2H3,(H,20,21);1H. The molecule has 1 aromatic carbocycles. The summed E-state index contributed by atoms with van der Waals surface area (Å²) < 4.78 is 10.8. The largest absolute Gasteiger partial charge is 0.467 e. The smallest absolute Gasteiger partial charge is 0.193 e. The van der Waals surface area contributed by atoms with Crippen molar-refractivity contribution in [2.24, 2.45) is 4.99 Å². The van der Waals surface area contributed by atoms with Gasteiger partial charge in [-0.25, -0.2) is 0 Å². The van der Waals surface area contributed by atoms with E-state index in [1.807, 2.05) is 48.3 Å². The molecule has 1 heterocycles. The van der Waals surface area contributed by atoms with Gasteiger partial charge in [-0.1, -0.05) is 29.8 Å². The second-order valence-corrected chi connectivity index (χ2v) is 5.81. The number of hydrogen-bond acceptors (Lipinski definition) is 3. The first-order chi connectivity index (χ1) is 11.7. The van der Waals surface area contributed by atoms with Crippen molar-refractivity contribution >= 4 is 41.5 Å². The predicted octanol–water partition coefficient (Wildman–Crippen LogP) is 4.17. The highest BCUT2D eigenvalue weighted by Gasteiger charge is 2.08. The van der Waals surface area contributed by atoms with Crippen LogP contribution in [-0.2, 0) is 17.9 Å². The van der Waals surface area contributed by atoms with Gasteiger partial charge in [-0.15, -0.1) is 24.0 Å². The molecule has 0 aliphatic heterocycles. The Hall–Kier alpha value is -1.25. The highest BCUT2D eigenvalue weighted by atomic mass is 127. The summed E-state index contributed by atoms with van der Waals surface area (Å²) in [6.07, 6.45) is 2.54. The molecule has 0 atom stereocenters. The molecular formula is C18H25ClIN3O2. The molecule has 0 spiro atoms. The van der Waals surface area contributed by atoms with Gasteiger partial charge in [0.25, 0.3) is 0 Å². The lowest BCUT2D eigenvalue weighted by atomic mass is 10.2. The number of halogens is 2. The zero-order chi connectivity index (χ0) is 17.2. The van der Waals surface area contributed by atoms with Gasteiger partial charge in [0, 0.05) is 38.8 Å². The van der Waals surface area contributed by atoms with E-state index in [9.17, 15) is 0 Å². The van der Waals surface area contributed by atoms with Gasteiger partial charge in [0.15, 0.2) is 5.96 Å². The molecule has 0 radical (unpaired) electrons. The molecule has 0 unspecified atom stereocenters. The van der Waals surface area contributed by atoms with E-state index in [4.69, 9.17) is 20.8 Å². The van der Waals surface area contributed by atoms with E-state index in [2.05, 4.69) is 10.3 Å². The second kappa shape index (κ2) is 12.2. The molecule has 0 fully saturated rings. The van der Waals surface area contributed by atoms with Crippen LogP contribution in [0.4, 0.5) is 0 Å². The molecule has 5 nitrogen and oxygen atoms in total. The number of nitrogens with one attached hydrogen (secondary N) is 1. The average Bonchev–Trinajstić information content (AvgIpc) is 3.09. The fourth-order valence-electron chi connectivity index (χ4n) is 2.28. The molecule has 0 aliphatic carbocycles. The number of ether oxygens (including phenoxy) is 1. The van der Waals surface area contributed by atoms with Crippen molar-refractivity contribution in [3.63, 3.8) is 0 Å². The Kier molecular flexibility index (Phi) is 10.6. The van der Waals surface area contributed by atoms with Crippen molar-refractivity contribution in [1.82, 2.24) is 10.2 Å². The Bertz CT molecular complexity index is 635. The van der Waals surface area contributed by atoms with Gasteiger partial charge in [0.2, 0.25) is 0 Å². The summed E-state index contributed by atoms with van der Waals surface area (Å²) in [5.74, 6) is 1.68. The molecular weight excluding hydrogens is 453 g/mol. The normalized spacial score (nSPS) is 11.1. The molecule has 2 aromatic rings. The predicted molar refractivity (Wildman–Crippen MR) is 113 cm³/mol. The third-order valence-electron chi connectivity index (χ3n) is 3.51. The van der Waals surface area contributed by atoms with Gasteiger partial charge < -0.3 is 19.4 Å². The van der Waals surface area contributed by atoms with Crippen LogP contribution in [-0.4, -0.2) is 38.1 Å². The van der Waals surface area contributed by atoms with Crippen molar-refractivity contribution in [3.05, 3.63) is 59.0 Å². The Morgan fingerprint density at radius 3 is 2.76 bits per heavy atom. The van der Waals surface area contributed by atoms with Gasteiger partial charge >= 0.3 is 0 Å². The zero-order valence-corrected chi connectivity index (χ0v) is 17.7. The lowest BCUT2D eigenvalue weighted by molar-refractivity contribution is 0.104. The summed E-state index contributed by atoms with van der Waals surface area (Å²) in [5.41, 5.74) is 1.08. The average molecular weight is 478 g/mol. The van der Waals surface area contributed by atoms with Crippen LogP contribution in [0.3, 0.4) is 0 Å². The molecule has 0 aliphatic rings. The van der Waals surface area contributed by atoms with Crippen molar-refractivity contribution in [1.29, 1.82) is 0 Å². The monoisotopic (exact) mass is 477 g/mol. The van der Waals surface area contributed by atoms with Gasteiger partial charge in [0.1, 0.15) is 12.4 Å². The Morgan fingerprint density at radius 1 is 1.28 bits per heavy atom. The first-order valence-corrected chi connectivity index (χ1v) is 8.34. The Balaban J connectivity index is 0.00000312. The summed E-state index contributed by atoms with van der Waals surface area (Å²) in [4.78, 5) is 6.35. The maximum Gasteiger partial charge on any atom is 0.193 e. The lowest BCUT2D eigenvalue weighted by Gasteiger charge is -2.22. The maximum atomic E-state index is 6.21. The molecule has 0 bridgehead atoms. The van der Waals surface area contributed by atoms with Crippen LogP contribution < -0.4 is 5.32 Å². The van der Waals surface area contributed by atoms with Crippen LogP contribution in [0.25, 0.3) is 0 Å². The van der Waals surface area contributed by atoms with Crippen LogP contribution >= 0.6 is 35.6 Å². The molecule has 1 N–H and O–H groups in total. The summed E-state index contributed by atoms with van der Waals surface area (Å²) in [6.45, 7) is 2.67. The third kappa shape index (κ3) is 7.66. The van der Waals surface area contributed by atoms with Crippen LogP contribution in [0.1, 0.15) is 17.7 Å². The summed E-state index contributed by atoms with van der Waals surface area (Å²) in [6, 6.07) is 11.6. The highest BCUT2D eigenvalue weighted by Crippen LogP contribution is 2.16. The Labute approximate surface area is 171 Å². The van der Waals surface area contributed by atoms with Crippen LogP contribution in [0.5, 0.6) is 0 Å². The molecule has 7 heteroatoms. The highest BCUT2D eigenvalue weighted by molar-refractivity contribution is 14.0. The summed E-state index contributed by atoms with van der Waals surface area (Å²) in [7, 11) is 3.77. The summed E-state index contributed by atoms with van der Waals surface area (Å²) in [5, 5.41) is 4.10. The number of furan rings is 1. The van der Waals surface area contributed by atoms with E-state index in [-0.39, 0.29) is 24.0 Å². The first kappa shape index (κ1) is 21.8. The number of aliphatic imine (C=N–C) groups is 1. The molecule has 25 heavy (non-hydrogen) atoms. The van der Waals surface area contributed by atoms with Gasteiger partial charge in [-0.3, -0.25) is 4.99 Å². The van der Waals surface area contributed by atoms with E-state index in [1.165, 1.54) is 0 Å². The molecule has 0 saturated heterocycles. The number of guanidine groups is 1. The van der Waals surface area contributed by atoms with Crippen molar-refractivity contribution in [2.45, 2.75) is 19.6 Å². The molecule has 0 amide bonds. The minimum Gasteiger partial charge on any atom is -0.467 e. The Morgan fingerprint density at radius 2 is 2.08 bits per heavy atom. The minimum absolute atomic E-state index is 0. The van der Waals surface area contributed by atoms with E-state index in [0.717, 1.165) is 35.3 Å². The molecule has 138 valence electrons. The molecule has 0 saturated carbocycles. The fraction of sp³-hybridized carbons (Fsp3) is 0.389. The van der Waals surface area contributed by atoms with E-state index >= 15 is 0 Å². The SMILES string of the molecule is CN=C(NCCCOCc1ccco1)N(C)Cc1ccccc1Cl.I. The number of hydrogen-bond donors (Lipinski definition) is 1.